The molecule has 2 rings (SSSR count). The van der Waals surface area contributed by atoms with Crippen molar-refractivity contribution in [2.24, 2.45) is 5.84 Å². The molecule has 118 valence electrons. The lowest BCUT2D eigenvalue weighted by Crippen LogP contribution is -2.49. The number of rotatable bonds is 4. The summed E-state index contributed by atoms with van der Waals surface area (Å²) in [6, 6.07) is 0. The largest absolute Gasteiger partial charge is 0.292 e. The zero-order valence-corrected chi connectivity index (χ0v) is 13.6. The van der Waals surface area contributed by atoms with Gasteiger partial charge in [-0.25, -0.2) is 32.6 Å². The van der Waals surface area contributed by atoms with Crippen LogP contribution in [0.5, 0.6) is 0 Å². The van der Waals surface area contributed by atoms with Gasteiger partial charge in [0.25, 0.3) is 0 Å². The Hall–Kier alpha value is -0.950. The number of nitrogens with one attached hydrogen (secondary N) is 1. The normalized spacial score (nSPS) is 21.1. The van der Waals surface area contributed by atoms with Gasteiger partial charge in [0.15, 0.2) is 9.84 Å². The van der Waals surface area contributed by atoms with E-state index in [1.165, 1.54) is 11.8 Å². The Bertz CT molecular complexity index is 703. The first kappa shape index (κ1) is 16.4. The van der Waals surface area contributed by atoms with Crippen molar-refractivity contribution in [3.8, 4) is 0 Å². The molecule has 2 heterocycles. The van der Waals surface area contributed by atoms with Crippen molar-refractivity contribution in [2.75, 3.05) is 29.7 Å². The summed E-state index contributed by atoms with van der Waals surface area (Å²) in [6.45, 7) is 0.127. The topological polar surface area (TPSA) is 135 Å². The van der Waals surface area contributed by atoms with Crippen molar-refractivity contribution >= 4 is 37.6 Å². The molecule has 0 aliphatic carbocycles. The first-order valence-electron chi connectivity index (χ1n) is 5.84. The van der Waals surface area contributed by atoms with Gasteiger partial charge in [0.2, 0.25) is 16.0 Å². The second-order valence-corrected chi connectivity index (χ2v) is 9.61. The second kappa shape index (κ2) is 6.04. The van der Waals surface area contributed by atoms with Gasteiger partial charge in [-0.05, 0) is 0 Å². The molecule has 1 saturated heterocycles. The lowest BCUT2D eigenvalue weighted by molar-refractivity contribution is 0.404. The van der Waals surface area contributed by atoms with E-state index in [0.29, 0.717) is 5.75 Å². The number of sulfone groups is 1. The minimum Gasteiger partial charge on any atom is -0.292 e. The minimum absolute atomic E-state index is 0.0720. The van der Waals surface area contributed by atoms with Gasteiger partial charge in [-0.3, -0.25) is 5.43 Å². The molecule has 9 nitrogen and oxygen atoms in total. The van der Waals surface area contributed by atoms with Crippen molar-refractivity contribution in [3.05, 3.63) is 12.4 Å². The Labute approximate surface area is 127 Å². The Morgan fingerprint density at radius 2 is 1.95 bits per heavy atom. The van der Waals surface area contributed by atoms with Crippen LogP contribution in [0.25, 0.3) is 0 Å². The highest BCUT2D eigenvalue weighted by atomic mass is 32.2. The minimum atomic E-state index is -3.97. The number of hydrogen-bond donors (Lipinski definition) is 2. The summed E-state index contributed by atoms with van der Waals surface area (Å²) in [5.74, 6) is 5.93. The molecule has 1 atom stereocenters. The van der Waals surface area contributed by atoms with Crippen LogP contribution in [-0.4, -0.2) is 60.8 Å². The van der Waals surface area contributed by atoms with E-state index in [9.17, 15) is 16.8 Å². The summed E-state index contributed by atoms with van der Waals surface area (Å²) in [7, 11) is -7.50. The van der Waals surface area contributed by atoms with E-state index < -0.39 is 25.2 Å². The highest BCUT2D eigenvalue weighted by molar-refractivity contribution is 8.01. The number of aromatic nitrogens is 2. The van der Waals surface area contributed by atoms with E-state index in [1.807, 2.05) is 0 Å². The first-order valence-corrected chi connectivity index (χ1v) is 10.4. The van der Waals surface area contributed by atoms with Crippen molar-refractivity contribution in [1.29, 1.82) is 0 Å². The molecule has 1 aromatic heterocycles. The molecule has 1 aliphatic heterocycles. The third-order valence-electron chi connectivity index (χ3n) is 2.90. The van der Waals surface area contributed by atoms with E-state index in [-0.39, 0.29) is 23.1 Å². The average Bonchev–Trinajstić information content (AvgIpc) is 2.46. The Morgan fingerprint density at radius 3 is 2.48 bits per heavy atom. The second-order valence-electron chi connectivity index (χ2n) is 4.36. The molecule has 1 aromatic rings. The van der Waals surface area contributed by atoms with Gasteiger partial charge in [0, 0.05) is 24.3 Å². The number of sulfonamides is 1. The van der Waals surface area contributed by atoms with Crippen LogP contribution in [0.2, 0.25) is 0 Å². The van der Waals surface area contributed by atoms with Gasteiger partial charge >= 0.3 is 0 Å². The lowest BCUT2D eigenvalue weighted by atomic mass is 10.6. The maximum atomic E-state index is 12.6. The van der Waals surface area contributed by atoms with Crippen molar-refractivity contribution in [3.63, 3.8) is 0 Å². The molecular weight excluding hydrogens is 338 g/mol. The maximum Gasteiger partial charge on any atom is 0.247 e. The van der Waals surface area contributed by atoms with Gasteiger partial charge in [-0.2, -0.15) is 16.1 Å². The Balaban J connectivity index is 2.40. The molecule has 0 saturated carbocycles. The lowest BCUT2D eigenvalue weighted by Gasteiger charge is -2.32. The van der Waals surface area contributed by atoms with E-state index in [4.69, 9.17) is 5.84 Å². The molecule has 0 radical (unpaired) electrons. The van der Waals surface area contributed by atoms with Gasteiger partial charge in [0.1, 0.15) is 10.3 Å². The van der Waals surface area contributed by atoms with Gasteiger partial charge < -0.3 is 0 Å². The number of thioether (sulfide) groups is 1. The fraction of sp³-hybridized carbons (Fsp3) is 0.556. The van der Waals surface area contributed by atoms with Crippen molar-refractivity contribution in [1.82, 2.24) is 14.3 Å². The Morgan fingerprint density at radius 1 is 1.33 bits per heavy atom. The number of anilines is 1. The van der Waals surface area contributed by atoms with Crippen LogP contribution < -0.4 is 11.3 Å². The summed E-state index contributed by atoms with van der Waals surface area (Å²) in [6.07, 6.45) is 3.22. The fourth-order valence-corrected chi connectivity index (χ4v) is 6.90. The maximum absolute atomic E-state index is 12.6. The van der Waals surface area contributed by atoms with E-state index in [0.717, 1.165) is 23.0 Å². The van der Waals surface area contributed by atoms with Crippen molar-refractivity contribution < 1.29 is 16.8 Å². The molecular formula is C9H15N5O4S3. The van der Waals surface area contributed by atoms with Gasteiger partial charge in [-0.15, -0.1) is 0 Å². The summed E-state index contributed by atoms with van der Waals surface area (Å²) in [5.41, 5.74) is 2.19. The van der Waals surface area contributed by atoms with E-state index in [1.54, 1.807) is 0 Å². The molecule has 1 fully saturated rings. The van der Waals surface area contributed by atoms with Crippen LogP contribution in [0.3, 0.4) is 0 Å². The summed E-state index contributed by atoms with van der Waals surface area (Å²) < 4.78 is 49.7. The fourth-order valence-electron chi connectivity index (χ4n) is 1.84. The zero-order chi connectivity index (χ0) is 15.7. The first-order chi connectivity index (χ1) is 9.76. The third-order valence-corrected chi connectivity index (χ3v) is 7.53. The molecule has 3 N–H and O–H groups in total. The third kappa shape index (κ3) is 3.45. The summed E-state index contributed by atoms with van der Waals surface area (Å²) in [4.78, 5) is 7.31. The number of nitrogens with zero attached hydrogens (tertiary/aromatic N) is 3. The average molecular weight is 353 g/mol. The molecule has 21 heavy (non-hydrogen) atoms. The zero-order valence-electron chi connectivity index (χ0n) is 11.1. The monoisotopic (exact) mass is 353 g/mol. The number of nitrogen functional groups attached to an aromatic ring is 1. The molecule has 0 bridgehead atoms. The molecule has 1 unspecified atom stereocenters. The van der Waals surface area contributed by atoms with E-state index in [2.05, 4.69) is 15.4 Å². The quantitative estimate of drug-likeness (QED) is 0.509. The van der Waals surface area contributed by atoms with Gasteiger partial charge in [-0.1, -0.05) is 0 Å². The van der Waals surface area contributed by atoms with E-state index >= 15 is 0 Å². The highest BCUT2D eigenvalue weighted by Gasteiger charge is 2.39. The van der Waals surface area contributed by atoms with Crippen LogP contribution in [0.4, 0.5) is 5.95 Å². The smallest absolute Gasteiger partial charge is 0.247 e. The molecule has 0 aromatic carbocycles. The predicted octanol–water partition coefficient (Wildman–Crippen LogP) is -1.13. The number of hydrazine groups is 1. The van der Waals surface area contributed by atoms with Crippen LogP contribution in [0.1, 0.15) is 0 Å². The highest BCUT2D eigenvalue weighted by Crippen LogP contribution is 2.26. The van der Waals surface area contributed by atoms with Crippen LogP contribution in [0, 0.1) is 0 Å². The van der Waals surface area contributed by atoms with Crippen LogP contribution in [0.15, 0.2) is 17.3 Å². The summed E-state index contributed by atoms with van der Waals surface area (Å²) in [5, 5.41) is -1.08. The summed E-state index contributed by atoms with van der Waals surface area (Å²) >= 11 is 1.41. The standard InChI is InChI=1S/C9H15N5O4S3/c1-20(15,16)8-6-19-3-2-14(8)21(17,18)7-4-11-9(13-10)12-5-7/h4-5,8H,2-3,6,10H2,1H3,(H,11,12,13). The molecule has 0 spiro atoms. The van der Waals surface area contributed by atoms with Crippen LogP contribution in [-0.2, 0) is 19.9 Å². The SMILES string of the molecule is CS(=O)(=O)C1CSCCN1S(=O)(=O)c1cnc(NN)nc1. The van der Waals surface area contributed by atoms with Crippen molar-refractivity contribution in [2.45, 2.75) is 10.3 Å². The predicted molar refractivity (Wildman–Crippen MR) is 79.7 cm³/mol. The number of hydrogen-bond acceptors (Lipinski definition) is 9. The molecule has 0 amide bonds. The van der Waals surface area contributed by atoms with Gasteiger partial charge in [0.05, 0.1) is 12.4 Å². The Kier molecular flexibility index (Phi) is 4.72. The van der Waals surface area contributed by atoms with Crippen LogP contribution >= 0.6 is 11.8 Å². The molecule has 1 aliphatic rings. The number of nitrogens with two attached hydrogens (primary N) is 1. The molecule has 12 heteroatoms.